The zero-order chi connectivity index (χ0) is 48.9. The molecule has 4 aromatic rings. The summed E-state index contributed by atoms with van der Waals surface area (Å²) >= 11 is 1.92. The van der Waals surface area contributed by atoms with Gasteiger partial charge in [0.1, 0.15) is 55.0 Å². The van der Waals surface area contributed by atoms with Crippen molar-refractivity contribution >= 4 is 132 Å². The third kappa shape index (κ3) is 20.0. The number of fused-ring (bicyclic) bond motifs is 1. The Balaban J connectivity index is 0. The van der Waals surface area contributed by atoms with Crippen LogP contribution in [0.2, 0.25) is 0 Å². The first kappa shape index (κ1) is 71.3. The summed E-state index contributed by atoms with van der Waals surface area (Å²) in [7, 11) is -15.9. The number of aromatic hydroxyl groups is 1. The topological polar surface area (TPSA) is 408 Å². The van der Waals surface area contributed by atoms with Crippen LogP contribution in [0.25, 0.3) is 10.8 Å². The summed E-state index contributed by atoms with van der Waals surface area (Å²) in [6.45, 7) is -0.0579. The van der Waals surface area contributed by atoms with Crippen LogP contribution in [0, 0.1) is 6.92 Å². The summed E-state index contributed by atoms with van der Waals surface area (Å²) in [6, 6.07) is 6.01. The number of hydrogen-bond acceptors (Lipinski definition) is 29. The molecule has 2 radical (unpaired) electrons. The number of benzene rings is 4. The second-order valence-electron chi connectivity index (χ2n) is 11.7. The van der Waals surface area contributed by atoms with Gasteiger partial charge < -0.3 is 44.7 Å². The average molecular weight is 1230 g/mol. The molecule has 0 atom stereocenters. The third-order valence-corrected chi connectivity index (χ3v) is 13.8. The molecule has 0 aliphatic heterocycles. The van der Waals surface area contributed by atoms with Crippen LogP contribution in [0.1, 0.15) is 5.56 Å². The Hall–Kier alpha value is 0.235. The van der Waals surface area contributed by atoms with Crippen molar-refractivity contribution in [2.24, 2.45) is 20.5 Å². The van der Waals surface area contributed by atoms with E-state index < -0.39 is 109 Å². The predicted octanol–water partition coefficient (Wildman–Crippen LogP) is -9.22. The molecule has 4 rings (SSSR count). The first-order valence-electron chi connectivity index (χ1n) is 16.5. The van der Waals surface area contributed by atoms with E-state index in [9.17, 15) is 58.4 Å². The van der Waals surface area contributed by atoms with Gasteiger partial charge in [0.2, 0.25) is 10.4 Å². The van der Waals surface area contributed by atoms with Gasteiger partial charge in [-0.3, -0.25) is 18.4 Å². The number of rotatable bonds is 23. The Labute approximate surface area is 506 Å². The summed E-state index contributed by atoms with van der Waals surface area (Å²) in [5.74, 6) is -3.38. The predicted molar refractivity (Wildman–Crippen MR) is 227 cm³/mol. The average Bonchev–Trinajstić information content (AvgIpc) is 3.24. The number of halogens is 1. The van der Waals surface area contributed by atoms with E-state index in [1.807, 2.05) is 0 Å². The fraction of sp³-hybridized carbons (Fsp3) is 0.267. The van der Waals surface area contributed by atoms with Crippen LogP contribution in [0.4, 0.5) is 28.4 Å². The fourth-order valence-corrected chi connectivity index (χ4v) is 9.78. The van der Waals surface area contributed by atoms with E-state index >= 15 is 0 Å². The number of hydrogen-bond donors (Lipinski definition) is 2. The Morgan fingerprint density at radius 3 is 1.71 bits per heavy atom. The molecule has 0 aromatic heterocycles. The van der Waals surface area contributed by atoms with Crippen LogP contribution in [-0.2, 0) is 67.3 Å². The monoisotopic (exact) mass is 1230 g/mol. The Morgan fingerprint density at radius 1 is 0.681 bits per heavy atom. The molecule has 27 nitrogen and oxygen atoms in total. The van der Waals surface area contributed by atoms with Crippen LogP contribution < -0.4 is 149 Å². The van der Waals surface area contributed by atoms with Gasteiger partial charge in [-0.05, 0) is 36.1 Å². The molecule has 0 aliphatic rings. The van der Waals surface area contributed by atoms with Crippen molar-refractivity contribution in [1.82, 2.24) is 0 Å². The SMILES string of the molecule is COc1cc(S(=O)(=O)CCOS(=O)(=O)[O-])c(OC)cc1N=Nc1c(S(=O)(=O)[O-])cc2cc(SOO[O-])c(N=Nc3cc(C)c(S(=O)(=O)CCOSOO[O-])cc3OC)c(O)c2c1N.[B]I.[Na+].[Na+].[Na+].[Na+]. The molecule has 0 amide bonds. The molecule has 3 N–H and O–H groups in total. The second-order valence-corrected chi connectivity index (χ2v) is 19.5. The smallest absolute Gasteiger partial charge is 0.744 e. The number of phenols is 1. The van der Waals surface area contributed by atoms with E-state index in [4.69, 9.17) is 24.1 Å². The Bertz CT molecular complexity index is 2900. The number of nitrogen functional groups attached to an aromatic ring is 1. The van der Waals surface area contributed by atoms with Crippen molar-refractivity contribution in [2.45, 2.75) is 26.5 Å². The first-order chi connectivity index (χ1) is 30.5. The van der Waals surface area contributed by atoms with Crippen molar-refractivity contribution in [1.29, 1.82) is 0 Å². The van der Waals surface area contributed by atoms with E-state index in [0.29, 0.717) is 0 Å². The summed E-state index contributed by atoms with van der Waals surface area (Å²) < 4.78 is 155. The standard InChI is InChI=1S/C30H33N5O22S6.BI.4Na/c1-15-9-17(19(49-2)13-23(15)60(39,40)7-5-52-59-57-55-38)32-34-28-22(58-56-54-37)10-16-11-25(62(43,44)45)29(27(31)26(16)30(28)36)35-33-18-12-21(51-4)24(14-20(18)50-3)61(41,42)8-6-53-63(46,47)48;1-2;;;;/h9-14,36-38H,5-8,31H2,1-4H3,(H,43,44,45)(H,46,47,48);;;;;/q;;4*+1/p-4. The molecule has 356 valence electrons. The Morgan fingerprint density at radius 2 is 1.19 bits per heavy atom. The minimum atomic E-state index is -5.48. The zero-order valence-electron chi connectivity index (χ0n) is 37.1. The normalized spacial score (nSPS) is 11.7. The molecule has 69 heavy (non-hydrogen) atoms. The molecular weight excluding hydrogens is 1200 g/mol. The fourth-order valence-electron chi connectivity index (χ4n) is 5.30. The van der Waals surface area contributed by atoms with Crippen LogP contribution in [0.5, 0.6) is 23.0 Å². The van der Waals surface area contributed by atoms with Crippen molar-refractivity contribution < 1.29 is 218 Å². The van der Waals surface area contributed by atoms with Crippen molar-refractivity contribution in [3.05, 3.63) is 42.0 Å². The minimum absolute atomic E-state index is 0. The summed E-state index contributed by atoms with van der Waals surface area (Å²) in [4.78, 5) is -2.17. The van der Waals surface area contributed by atoms with E-state index in [0.717, 1.165) is 44.6 Å². The second kappa shape index (κ2) is 32.6. The maximum Gasteiger partial charge on any atom is 1.00 e. The molecule has 0 unspecified atom stereocenters. The van der Waals surface area contributed by atoms with Gasteiger partial charge in [0.25, 0.3) is 0 Å². The number of nitrogens with zero attached hydrogens (tertiary/aromatic N) is 4. The third-order valence-electron chi connectivity index (χ3n) is 7.98. The van der Waals surface area contributed by atoms with Gasteiger partial charge in [-0.2, -0.15) is 26.7 Å². The number of anilines is 1. The number of phenolic OH excluding ortho intramolecular Hbond substituents is 1. The van der Waals surface area contributed by atoms with Gasteiger partial charge >= 0.3 is 118 Å². The van der Waals surface area contributed by atoms with Gasteiger partial charge in [0.15, 0.2) is 43.5 Å². The van der Waals surface area contributed by atoms with E-state index in [1.54, 1.807) is 22.4 Å². The number of sulfone groups is 2. The molecule has 0 fully saturated rings. The molecule has 0 heterocycles. The number of ether oxygens (including phenoxy) is 3. The molecule has 39 heteroatoms. The number of nitrogens with two attached hydrogens (primary N) is 1. The summed E-state index contributed by atoms with van der Waals surface area (Å²) in [5, 5.41) is 53.9. The molecule has 0 saturated heterocycles. The molecular formula is C30H29BIN5Na4O22S6. The number of azo groups is 2. The molecule has 4 aromatic carbocycles. The minimum Gasteiger partial charge on any atom is -0.744 e. The maximum atomic E-state index is 13.0. The van der Waals surface area contributed by atoms with Gasteiger partial charge in [-0.15, -0.1) is 24.8 Å². The van der Waals surface area contributed by atoms with Crippen molar-refractivity contribution in [2.75, 3.05) is 51.8 Å². The van der Waals surface area contributed by atoms with E-state index in [1.165, 1.54) is 20.1 Å². The van der Waals surface area contributed by atoms with Crippen LogP contribution >= 0.6 is 46.7 Å². The van der Waals surface area contributed by atoms with Gasteiger partial charge in [-0.1, -0.05) is 0 Å². The number of aryl methyl sites for hydroxylation is 1. The van der Waals surface area contributed by atoms with Crippen LogP contribution in [0.15, 0.2) is 76.4 Å². The zero-order valence-corrected chi connectivity index (χ0v) is 52.1. The Kier molecular flexibility index (Phi) is 33.7. The van der Waals surface area contributed by atoms with Crippen molar-refractivity contribution in [3.63, 3.8) is 0 Å². The molecule has 0 aliphatic carbocycles. The first-order valence-corrected chi connectivity index (χ1v) is 25.2. The molecule has 0 bridgehead atoms. The van der Waals surface area contributed by atoms with Gasteiger partial charge in [0.05, 0.1) is 83.9 Å². The molecule has 0 saturated carbocycles. The number of methoxy groups -OCH3 is 3. The summed E-state index contributed by atoms with van der Waals surface area (Å²) in [5.41, 5.74) is 8.42. The quantitative estimate of drug-likeness (QED) is 0.00665. The van der Waals surface area contributed by atoms with E-state index in [2.05, 4.69) is 49.1 Å². The van der Waals surface area contributed by atoms with Crippen LogP contribution in [0.3, 0.4) is 0 Å². The maximum absolute atomic E-state index is 13.0. The van der Waals surface area contributed by atoms with Gasteiger partial charge in [0, 0.05) is 18.2 Å². The van der Waals surface area contributed by atoms with Crippen LogP contribution in [-0.4, -0.2) is 99.6 Å². The van der Waals surface area contributed by atoms with Crippen molar-refractivity contribution in [3.8, 4) is 23.0 Å². The van der Waals surface area contributed by atoms with Gasteiger partial charge in [-0.25, -0.2) is 33.7 Å². The largest absolute Gasteiger partial charge is 1.00 e. The molecule has 0 spiro atoms. The van der Waals surface area contributed by atoms with E-state index in [-0.39, 0.29) is 186 Å². The summed E-state index contributed by atoms with van der Waals surface area (Å²) in [6.07, 6.45) is 0.